The Balaban J connectivity index is 1.55. The number of aryl methyl sites for hydroxylation is 1. The molecule has 2 aromatic heterocycles. The fourth-order valence-corrected chi connectivity index (χ4v) is 2.66. The van der Waals surface area contributed by atoms with Crippen LogP contribution in [0.5, 0.6) is 0 Å². The molecule has 1 aromatic carbocycles. The molecule has 27 heavy (non-hydrogen) atoms. The summed E-state index contributed by atoms with van der Waals surface area (Å²) in [6.07, 6.45) is 2.75. The number of rotatable bonds is 7. The van der Waals surface area contributed by atoms with E-state index in [0.29, 0.717) is 17.3 Å². The molecule has 0 aliphatic heterocycles. The summed E-state index contributed by atoms with van der Waals surface area (Å²) in [5, 5.41) is 22.1. The van der Waals surface area contributed by atoms with Crippen LogP contribution in [0.4, 0.5) is 11.6 Å². The predicted octanol–water partition coefficient (Wildman–Crippen LogP) is 2.42. The summed E-state index contributed by atoms with van der Waals surface area (Å²) in [6.45, 7) is 2.23. The topological polar surface area (TPSA) is 121 Å². The highest BCUT2D eigenvalue weighted by Gasteiger charge is 2.17. The normalized spacial score (nSPS) is 10.7. The van der Waals surface area contributed by atoms with E-state index in [0.717, 1.165) is 5.56 Å². The molecule has 0 atom stereocenters. The van der Waals surface area contributed by atoms with Gasteiger partial charge < -0.3 is 0 Å². The molecule has 0 fully saturated rings. The van der Waals surface area contributed by atoms with E-state index in [-0.39, 0.29) is 30.5 Å². The third kappa shape index (κ3) is 4.47. The summed E-state index contributed by atoms with van der Waals surface area (Å²) in [5.74, 6) is -0.140. The second-order valence-corrected chi connectivity index (χ2v) is 6.16. The number of nitrogens with zero attached hydrogens (tertiary/aromatic N) is 6. The monoisotopic (exact) mass is 389 g/mol. The van der Waals surface area contributed by atoms with Gasteiger partial charge in [0.15, 0.2) is 0 Å². The first-order valence-electron chi connectivity index (χ1n) is 8.03. The average molecular weight is 390 g/mol. The first-order valence-corrected chi connectivity index (χ1v) is 8.41. The Morgan fingerprint density at radius 1 is 1.37 bits per heavy atom. The molecule has 2 heterocycles. The SMILES string of the molecule is Cc1c([N+](=O)[O-])cnn1CCC(=O)Nc1ncn(Cc2ccccc2Cl)n1. The predicted molar refractivity (Wildman–Crippen MR) is 97.4 cm³/mol. The second-order valence-electron chi connectivity index (χ2n) is 5.75. The van der Waals surface area contributed by atoms with Crippen molar-refractivity contribution >= 4 is 29.1 Å². The van der Waals surface area contributed by atoms with Crippen molar-refractivity contribution in [3.63, 3.8) is 0 Å². The van der Waals surface area contributed by atoms with Crippen molar-refractivity contribution in [3.05, 3.63) is 63.2 Å². The maximum atomic E-state index is 12.1. The van der Waals surface area contributed by atoms with E-state index in [1.54, 1.807) is 17.7 Å². The van der Waals surface area contributed by atoms with Crippen LogP contribution < -0.4 is 5.32 Å². The summed E-state index contributed by atoms with van der Waals surface area (Å²) in [5.41, 5.74) is 1.21. The van der Waals surface area contributed by atoms with Crippen molar-refractivity contribution in [1.29, 1.82) is 0 Å². The zero-order valence-corrected chi connectivity index (χ0v) is 15.1. The summed E-state index contributed by atoms with van der Waals surface area (Å²) < 4.78 is 2.99. The number of nitrogens with one attached hydrogen (secondary N) is 1. The Morgan fingerprint density at radius 2 is 2.15 bits per heavy atom. The summed E-state index contributed by atoms with van der Waals surface area (Å²) >= 11 is 6.12. The lowest BCUT2D eigenvalue weighted by atomic mass is 10.2. The Labute approximate surface area is 158 Å². The molecule has 0 saturated carbocycles. The first kappa shape index (κ1) is 18.5. The van der Waals surface area contributed by atoms with Crippen molar-refractivity contribution in [2.24, 2.45) is 0 Å². The molecule has 0 radical (unpaired) electrons. The van der Waals surface area contributed by atoms with Crippen LogP contribution in [0.15, 0.2) is 36.8 Å². The van der Waals surface area contributed by atoms with Gasteiger partial charge in [0.05, 0.1) is 18.0 Å². The quantitative estimate of drug-likeness (QED) is 0.489. The fourth-order valence-electron chi connectivity index (χ4n) is 2.47. The molecular weight excluding hydrogens is 374 g/mol. The van der Waals surface area contributed by atoms with Gasteiger partial charge in [0.1, 0.15) is 18.2 Å². The van der Waals surface area contributed by atoms with Crippen LogP contribution in [-0.2, 0) is 17.9 Å². The summed E-state index contributed by atoms with van der Waals surface area (Å²) in [7, 11) is 0. The molecule has 1 amide bonds. The van der Waals surface area contributed by atoms with Crippen molar-refractivity contribution in [1.82, 2.24) is 24.5 Å². The van der Waals surface area contributed by atoms with Crippen LogP contribution in [0.1, 0.15) is 17.7 Å². The van der Waals surface area contributed by atoms with Gasteiger partial charge >= 0.3 is 5.69 Å². The van der Waals surface area contributed by atoms with Crippen LogP contribution in [-0.4, -0.2) is 35.4 Å². The lowest BCUT2D eigenvalue weighted by molar-refractivity contribution is -0.385. The molecule has 11 heteroatoms. The molecule has 0 unspecified atom stereocenters. The van der Waals surface area contributed by atoms with Gasteiger partial charge in [-0.2, -0.15) is 5.10 Å². The lowest BCUT2D eigenvalue weighted by Gasteiger charge is -2.04. The number of anilines is 1. The maximum absolute atomic E-state index is 12.1. The summed E-state index contributed by atoms with van der Waals surface area (Å²) in [4.78, 5) is 26.4. The Kier molecular flexibility index (Phi) is 5.46. The maximum Gasteiger partial charge on any atom is 0.309 e. The van der Waals surface area contributed by atoms with Gasteiger partial charge in [0, 0.05) is 11.4 Å². The first-order chi connectivity index (χ1) is 12.9. The number of carbonyl (C=O) groups excluding carboxylic acids is 1. The minimum Gasteiger partial charge on any atom is -0.293 e. The molecule has 0 bridgehead atoms. The number of hydrogen-bond acceptors (Lipinski definition) is 6. The van der Waals surface area contributed by atoms with Crippen molar-refractivity contribution in [2.45, 2.75) is 26.4 Å². The number of hydrogen-bond donors (Lipinski definition) is 1. The minimum absolute atomic E-state index is 0.0737. The third-order valence-electron chi connectivity index (χ3n) is 3.90. The van der Waals surface area contributed by atoms with E-state index in [9.17, 15) is 14.9 Å². The highest BCUT2D eigenvalue weighted by atomic mass is 35.5. The zero-order valence-electron chi connectivity index (χ0n) is 14.4. The van der Waals surface area contributed by atoms with Crippen LogP contribution in [0.2, 0.25) is 5.02 Å². The summed E-state index contributed by atoms with van der Waals surface area (Å²) in [6, 6.07) is 7.39. The number of amides is 1. The van der Waals surface area contributed by atoms with E-state index in [1.807, 2.05) is 18.2 Å². The number of halogens is 1. The van der Waals surface area contributed by atoms with Crippen molar-refractivity contribution in [3.8, 4) is 0 Å². The molecule has 0 aliphatic rings. The highest BCUT2D eigenvalue weighted by Crippen LogP contribution is 2.17. The van der Waals surface area contributed by atoms with E-state index in [2.05, 4.69) is 20.5 Å². The Bertz CT molecular complexity index is 982. The van der Waals surface area contributed by atoms with Crippen LogP contribution in [0.25, 0.3) is 0 Å². The third-order valence-corrected chi connectivity index (χ3v) is 4.27. The molecule has 0 aliphatic carbocycles. The molecule has 3 aromatic rings. The van der Waals surface area contributed by atoms with Gasteiger partial charge in [-0.15, -0.1) is 5.10 Å². The van der Waals surface area contributed by atoms with Crippen LogP contribution in [0, 0.1) is 17.0 Å². The van der Waals surface area contributed by atoms with Gasteiger partial charge in [-0.05, 0) is 18.6 Å². The minimum atomic E-state index is -0.505. The second kappa shape index (κ2) is 7.96. The number of nitro groups is 1. The van der Waals surface area contributed by atoms with Crippen molar-refractivity contribution in [2.75, 3.05) is 5.32 Å². The van der Waals surface area contributed by atoms with Gasteiger partial charge in [-0.25, -0.2) is 9.67 Å². The van der Waals surface area contributed by atoms with Gasteiger partial charge in [0.2, 0.25) is 11.9 Å². The molecule has 0 saturated heterocycles. The van der Waals surface area contributed by atoms with E-state index < -0.39 is 4.92 Å². The standard InChI is InChI=1S/C16H16ClN7O3/c1-11-14(24(26)27)8-19-23(11)7-6-15(25)20-16-18-10-22(21-16)9-12-4-2-3-5-13(12)17/h2-5,8,10H,6-7,9H2,1H3,(H,20,21,25). The van der Waals surface area contributed by atoms with E-state index in [4.69, 9.17) is 11.6 Å². The molecule has 10 nitrogen and oxygen atoms in total. The highest BCUT2D eigenvalue weighted by molar-refractivity contribution is 6.31. The van der Waals surface area contributed by atoms with Gasteiger partial charge in [-0.3, -0.25) is 24.9 Å². The molecule has 140 valence electrons. The largest absolute Gasteiger partial charge is 0.309 e. The molecule has 1 N–H and O–H groups in total. The Morgan fingerprint density at radius 3 is 2.85 bits per heavy atom. The average Bonchev–Trinajstić information content (AvgIpc) is 3.21. The lowest BCUT2D eigenvalue weighted by Crippen LogP contribution is -2.16. The molecule has 0 spiro atoms. The van der Waals surface area contributed by atoms with E-state index >= 15 is 0 Å². The van der Waals surface area contributed by atoms with E-state index in [1.165, 1.54) is 17.2 Å². The number of benzene rings is 1. The number of aromatic nitrogens is 5. The smallest absolute Gasteiger partial charge is 0.293 e. The van der Waals surface area contributed by atoms with Gasteiger partial charge in [0.25, 0.3) is 0 Å². The van der Waals surface area contributed by atoms with Crippen molar-refractivity contribution < 1.29 is 9.72 Å². The van der Waals surface area contributed by atoms with Crippen LogP contribution >= 0.6 is 11.6 Å². The number of carbonyl (C=O) groups is 1. The molecule has 3 rings (SSSR count). The zero-order chi connectivity index (χ0) is 19.4. The Hall–Kier alpha value is -3.27. The fraction of sp³-hybridized carbons (Fsp3) is 0.250. The van der Waals surface area contributed by atoms with Gasteiger partial charge in [-0.1, -0.05) is 29.8 Å². The van der Waals surface area contributed by atoms with Crippen LogP contribution in [0.3, 0.4) is 0 Å². The molecular formula is C16H16ClN7O3.